The lowest BCUT2D eigenvalue weighted by molar-refractivity contribution is -0.129. The van der Waals surface area contributed by atoms with Crippen molar-refractivity contribution < 1.29 is 9.59 Å². The van der Waals surface area contributed by atoms with Gasteiger partial charge in [-0.1, -0.05) is 59.8 Å². The number of anilines is 1. The summed E-state index contributed by atoms with van der Waals surface area (Å²) in [7, 11) is 0. The summed E-state index contributed by atoms with van der Waals surface area (Å²) in [6, 6.07) is 21.8. The average Bonchev–Trinajstić information content (AvgIpc) is 3.44. The normalized spacial score (nSPS) is 13.9. The van der Waals surface area contributed by atoms with Gasteiger partial charge in [-0.15, -0.1) is 11.3 Å². The maximum atomic E-state index is 13.1. The third-order valence-electron chi connectivity index (χ3n) is 6.44. The Labute approximate surface area is 225 Å². The van der Waals surface area contributed by atoms with Crippen LogP contribution in [0.3, 0.4) is 0 Å². The first kappa shape index (κ1) is 25.2. The van der Waals surface area contributed by atoms with E-state index in [-0.39, 0.29) is 17.7 Å². The van der Waals surface area contributed by atoms with Crippen LogP contribution in [0.2, 0.25) is 0 Å². The highest BCUT2D eigenvalue weighted by atomic mass is 32.2. The summed E-state index contributed by atoms with van der Waals surface area (Å²) < 4.78 is 0. The van der Waals surface area contributed by atoms with E-state index in [0.717, 1.165) is 45.3 Å². The number of hydrogen-bond donors (Lipinski definition) is 1. The zero-order valence-corrected chi connectivity index (χ0v) is 22.2. The van der Waals surface area contributed by atoms with Crippen molar-refractivity contribution in [1.82, 2.24) is 14.9 Å². The smallest absolute Gasteiger partial charge is 0.275 e. The number of pyridine rings is 1. The quantitative estimate of drug-likeness (QED) is 0.286. The molecule has 37 heavy (non-hydrogen) atoms. The Morgan fingerprint density at radius 2 is 1.84 bits per heavy atom. The van der Waals surface area contributed by atoms with Crippen LogP contribution in [0.4, 0.5) is 5.69 Å². The highest BCUT2D eigenvalue weighted by molar-refractivity contribution is 7.99. The summed E-state index contributed by atoms with van der Waals surface area (Å²) in [4.78, 5) is 36.6. The van der Waals surface area contributed by atoms with E-state index in [1.807, 2.05) is 77.9 Å². The number of thiazole rings is 1. The molecule has 4 aromatic rings. The van der Waals surface area contributed by atoms with E-state index in [0.29, 0.717) is 24.5 Å². The standard InChI is InChI=1S/C29H28N4O2S2/c1-20-10-11-24(23(17-20)21-7-3-2-4-8-21)31-28(35)25-18-37-29(32-25)22-12-15-33(16-13-22)27(34)19-36-26-9-5-6-14-30-26/h2-11,14,17-18,22H,12-13,15-16,19H2,1H3,(H,31,35). The number of amides is 2. The average molecular weight is 529 g/mol. The molecule has 6 nitrogen and oxygen atoms in total. The number of likely N-dealkylation sites (tertiary alicyclic amines) is 1. The van der Waals surface area contributed by atoms with Crippen LogP contribution in [0, 0.1) is 6.92 Å². The summed E-state index contributed by atoms with van der Waals surface area (Å²) in [5, 5.41) is 6.73. The van der Waals surface area contributed by atoms with Gasteiger partial charge in [0.05, 0.1) is 15.8 Å². The number of hydrogen-bond acceptors (Lipinski definition) is 6. The Bertz CT molecular complexity index is 1370. The van der Waals surface area contributed by atoms with Crippen molar-refractivity contribution in [2.45, 2.75) is 30.7 Å². The maximum absolute atomic E-state index is 13.1. The Morgan fingerprint density at radius 3 is 2.59 bits per heavy atom. The Balaban J connectivity index is 1.18. The number of carbonyl (C=O) groups is 2. The molecule has 0 aliphatic carbocycles. The van der Waals surface area contributed by atoms with Gasteiger partial charge in [0.15, 0.2) is 0 Å². The minimum atomic E-state index is -0.206. The molecule has 1 aliphatic heterocycles. The molecule has 0 atom stereocenters. The van der Waals surface area contributed by atoms with Crippen LogP contribution in [0.5, 0.6) is 0 Å². The number of benzene rings is 2. The lowest BCUT2D eigenvalue weighted by atomic mass is 9.97. The molecule has 5 rings (SSSR count). The van der Waals surface area contributed by atoms with Crippen molar-refractivity contribution in [3.63, 3.8) is 0 Å². The number of aryl methyl sites for hydroxylation is 1. The van der Waals surface area contributed by atoms with Crippen molar-refractivity contribution in [1.29, 1.82) is 0 Å². The first-order chi connectivity index (χ1) is 18.1. The highest BCUT2D eigenvalue weighted by Crippen LogP contribution is 2.32. The summed E-state index contributed by atoms with van der Waals surface area (Å²) >= 11 is 3.00. The van der Waals surface area contributed by atoms with E-state index < -0.39 is 0 Å². The zero-order valence-electron chi connectivity index (χ0n) is 20.6. The largest absolute Gasteiger partial charge is 0.342 e. The predicted octanol–water partition coefficient (Wildman–Crippen LogP) is 6.26. The molecule has 1 aliphatic rings. The number of nitrogens with one attached hydrogen (secondary N) is 1. The predicted molar refractivity (Wildman–Crippen MR) is 150 cm³/mol. The van der Waals surface area contributed by atoms with Crippen molar-refractivity contribution in [3.8, 4) is 11.1 Å². The van der Waals surface area contributed by atoms with E-state index in [4.69, 9.17) is 0 Å². The maximum Gasteiger partial charge on any atom is 0.275 e. The molecular formula is C29H28N4O2S2. The Kier molecular flexibility index (Phi) is 7.96. The van der Waals surface area contributed by atoms with Gasteiger partial charge < -0.3 is 10.2 Å². The van der Waals surface area contributed by atoms with Crippen LogP contribution in [0.25, 0.3) is 11.1 Å². The summed E-state index contributed by atoms with van der Waals surface area (Å²) in [6.45, 7) is 3.46. The second kappa shape index (κ2) is 11.7. The molecule has 1 N–H and O–H groups in total. The summed E-state index contributed by atoms with van der Waals surface area (Å²) in [5.41, 5.74) is 4.38. The fourth-order valence-corrected chi connectivity index (χ4v) is 6.16. The molecule has 1 saturated heterocycles. The van der Waals surface area contributed by atoms with Gasteiger partial charge in [-0.25, -0.2) is 9.97 Å². The molecule has 0 bridgehead atoms. The van der Waals surface area contributed by atoms with Gasteiger partial charge in [-0.3, -0.25) is 9.59 Å². The Hall–Kier alpha value is -3.49. The molecule has 2 aromatic heterocycles. The topological polar surface area (TPSA) is 75.2 Å². The van der Waals surface area contributed by atoms with Crippen molar-refractivity contribution in [2.24, 2.45) is 0 Å². The van der Waals surface area contributed by atoms with Gasteiger partial charge >= 0.3 is 0 Å². The fraction of sp³-hybridized carbons (Fsp3) is 0.241. The number of aromatic nitrogens is 2. The third-order valence-corrected chi connectivity index (χ3v) is 8.38. The van der Waals surface area contributed by atoms with E-state index in [2.05, 4.69) is 21.4 Å². The minimum Gasteiger partial charge on any atom is -0.342 e. The van der Waals surface area contributed by atoms with Crippen LogP contribution in [-0.4, -0.2) is 45.5 Å². The molecule has 1 fully saturated rings. The van der Waals surface area contributed by atoms with E-state index in [1.54, 1.807) is 6.20 Å². The molecular weight excluding hydrogens is 500 g/mol. The molecule has 188 valence electrons. The van der Waals surface area contributed by atoms with E-state index in [9.17, 15) is 9.59 Å². The lowest BCUT2D eigenvalue weighted by Gasteiger charge is -2.31. The lowest BCUT2D eigenvalue weighted by Crippen LogP contribution is -2.38. The monoisotopic (exact) mass is 528 g/mol. The van der Waals surface area contributed by atoms with E-state index in [1.165, 1.54) is 23.1 Å². The van der Waals surface area contributed by atoms with Gasteiger partial charge in [-0.05, 0) is 49.6 Å². The van der Waals surface area contributed by atoms with Crippen LogP contribution in [-0.2, 0) is 4.79 Å². The number of nitrogens with zero attached hydrogens (tertiary/aromatic N) is 3. The molecule has 3 heterocycles. The van der Waals surface area contributed by atoms with Crippen LogP contribution >= 0.6 is 23.1 Å². The molecule has 0 spiro atoms. The first-order valence-corrected chi connectivity index (χ1v) is 14.2. The summed E-state index contributed by atoms with van der Waals surface area (Å²) in [6.07, 6.45) is 3.44. The molecule has 2 amide bonds. The number of carbonyl (C=O) groups excluding carboxylic acids is 2. The highest BCUT2D eigenvalue weighted by Gasteiger charge is 2.26. The first-order valence-electron chi connectivity index (χ1n) is 12.3. The van der Waals surface area contributed by atoms with Gasteiger partial charge in [0.2, 0.25) is 5.91 Å². The van der Waals surface area contributed by atoms with Crippen molar-refractivity contribution >= 4 is 40.6 Å². The van der Waals surface area contributed by atoms with Crippen LogP contribution < -0.4 is 5.32 Å². The molecule has 0 radical (unpaired) electrons. The molecule has 8 heteroatoms. The van der Waals surface area contributed by atoms with E-state index >= 15 is 0 Å². The number of rotatable bonds is 7. The molecule has 0 saturated carbocycles. The van der Waals surface area contributed by atoms with Crippen molar-refractivity contribution in [3.05, 3.63) is 94.6 Å². The minimum absolute atomic E-state index is 0.139. The Morgan fingerprint density at radius 1 is 1.05 bits per heavy atom. The van der Waals surface area contributed by atoms with Crippen molar-refractivity contribution in [2.75, 3.05) is 24.2 Å². The second-order valence-corrected chi connectivity index (χ2v) is 10.9. The van der Waals surface area contributed by atoms with Gasteiger partial charge in [-0.2, -0.15) is 0 Å². The molecule has 2 aromatic carbocycles. The fourth-order valence-electron chi connectivity index (χ4n) is 4.42. The zero-order chi connectivity index (χ0) is 25.6. The number of piperidine rings is 1. The van der Waals surface area contributed by atoms with Crippen LogP contribution in [0.15, 0.2) is 83.3 Å². The SMILES string of the molecule is Cc1ccc(NC(=O)c2csc(C3CCN(C(=O)CSc4ccccn4)CC3)n2)c(-c2ccccc2)c1. The summed E-state index contributed by atoms with van der Waals surface area (Å²) in [5.74, 6) is 0.592. The number of thioether (sulfide) groups is 1. The third kappa shape index (κ3) is 6.26. The second-order valence-electron chi connectivity index (χ2n) is 9.05. The van der Waals surface area contributed by atoms with Crippen LogP contribution in [0.1, 0.15) is 39.8 Å². The molecule has 0 unspecified atom stereocenters. The van der Waals surface area contributed by atoms with Gasteiger partial charge in [0, 0.05) is 41.8 Å². The van der Waals surface area contributed by atoms with Gasteiger partial charge in [0.25, 0.3) is 5.91 Å². The van der Waals surface area contributed by atoms with Gasteiger partial charge in [0.1, 0.15) is 5.69 Å².